The highest BCUT2D eigenvalue weighted by atomic mass is 32.1. The second kappa shape index (κ2) is 6.39. The zero-order valence-corrected chi connectivity index (χ0v) is 12.4. The summed E-state index contributed by atoms with van der Waals surface area (Å²) >= 11 is 5.28. The van der Waals surface area contributed by atoms with Crippen molar-refractivity contribution in [3.8, 4) is 5.75 Å². The van der Waals surface area contributed by atoms with E-state index in [0.29, 0.717) is 11.0 Å². The number of nitrogens with one attached hydrogen (secondary N) is 2. The van der Waals surface area contributed by atoms with E-state index >= 15 is 0 Å². The Morgan fingerprint density at radius 3 is 2.30 bits per heavy atom. The number of hydrogen-bond donors (Lipinski definition) is 3. The molecule has 2 aromatic carbocycles. The Hall–Kier alpha value is -2.07. The first-order valence-corrected chi connectivity index (χ1v) is 6.92. The Kier molecular flexibility index (Phi) is 4.58. The van der Waals surface area contributed by atoms with Crippen LogP contribution in [0.1, 0.15) is 25.3 Å². The van der Waals surface area contributed by atoms with Crippen molar-refractivity contribution in [2.75, 3.05) is 10.6 Å². The van der Waals surface area contributed by atoms with Crippen molar-refractivity contribution in [2.45, 2.75) is 19.8 Å². The summed E-state index contributed by atoms with van der Waals surface area (Å²) in [5.74, 6) is 0.717. The third-order valence-electron chi connectivity index (χ3n) is 2.94. The van der Waals surface area contributed by atoms with Crippen LogP contribution in [0.4, 0.5) is 11.4 Å². The summed E-state index contributed by atoms with van der Waals surface area (Å²) in [6, 6.07) is 15.0. The number of anilines is 2. The molecule has 3 N–H and O–H groups in total. The summed E-state index contributed by atoms with van der Waals surface area (Å²) in [7, 11) is 0. The highest BCUT2D eigenvalue weighted by molar-refractivity contribution is 7.80. The topological polar surface area (TPSA) is 44.3 Å². The predicted octanol–water partition coefficient (Wildman–Crippen LogP) is 4.32. The Morgan fingerprint density at radius 2 is 1.65 bits per heavy atom. The molecule has 0 fully saturated rings. The minimum atomic E-state index is 0.235. The summed E-state index contributed by atoms with van der Waals surface area (Å²) in [5, 5.41) is 16.0. The molecular weight excluding hydrogens is 268 g/mol. The van der Waals surface area contributed by atoms with Crippen molar-refractivity contribution in [3.63, 3.8) is 0 Å². The first-order chi connectivity index (χ1) is 9.54. The van der Waals surface area contributed by atoms with E-state index < -0.39 is 0 Å². The maximum atomic E-state index is 9.23. The Labute approximate surface area is 124 Å². The molecule has 0 radical (unpaired) electrons. The quantitative estimate of drug-likeness (QED) is 0.580. The lowest BCUT2D eigenvalue weighted by Crippen LogP contribution is -2.19. The predicted molar refractivity (Wildman–Crippen MR) is 88.5 cm³/mol. The van der Waals surface area contributed by atoms with Crippen molar-refractivity contribution in [3.05, 3.63) is 54.1 Å². The van der Waals surface area contributed by atoms with Gasteiger partial charge in [-0.05, 0) is 60.1 Å². The van der Waals surface area contributed by atoms with Crippen LogP contribution < -0.4 is 10.6 Å². The molecule has 0 aliphatic rings. The SMILES string of the molecule is CC(C)c1cccc(NC(=S)Nc2ccc(O)cc2)c1. The fourth-order valence-corrected chi connectivity index (χ4v) is 2.05. The zero-order chi connectivity index (χ0) is 14.5. The molecule has 2 aromatic rings. The van der Waals surface area contributed by atoms with Crippen LogP contribution in [0.2, 0.25) is 0 Å². The number of aromatic hydroxyl groups is 1. The molecule has 0 amide bonds. The van der Waals surface area contributed by atoms with Gasteiger partial charge in [0, 0.05) is 11.4 Å². The molecule has 104 valence electrons. The van der Waals surface area contributed by atoms with Crippen LogP contribution in [0.15, 0.2) is 48.5 Å². The van der Waals surface area contributed by atoms with Crippen LogP contribution in [0, 0.1) is 0 Å². The Morgan fingerprint density at radius 1 is 1.00 bits per heavy atom. The molecule has 3 nitrogen and oxygen atoms in total. The minimum Gasteiger partial charge on any atom is -0.508 e. The number of phenolic OH excluding ortho intramolecular Hbond substituents is 1. The van der Waals surface area contributed by atoms with Gasteiger partial charge in [0.25, 0.3) is 0 Å². The highest BCUT2D eigenvalue weighted by Gasteiger charge is 2.02. The van der Waals surface area contributed by atoms with E-state index in [4.69, 9.17) is 12.2 Å². The molecular formula is C16H18N2OS. The third-order valence-corrected chi connectivity index (χ3v) is 3.14. The molecule has 20 heavy (non-hydrogen) atoms. The summed E-state index contributed by atoms with van der Waals surface area (Å²) < 4.78 is 0. The van der Waals surface area contributed by atoms with Gasteiger partial charge in [-0.1, -0.05) is 26.0 Å². The van der Waals surface area contributed by atoms with Crippen LogP contribution in [-0.2, 0) is 0 Å². The average Bonchev–Trinajstić information content (AvgIpc) is 2.41. The van der Waals surface area contributed by atoms with E-state index in [1.165, 1.54) is 5.56 Å². The van der Waals surface area contributed by atoms with E-state index in [1.54, 1.807) is 24.3 Å². The Balaban J connectivity index is 2.01. The van der Waals surface area contributed by atoms with Crippen molar-refractivity contribution >= 4 is 28.7 Å². The molecule has 0 heterocycles. The van der Waals surface area contributed by atoms with Crippen LogP contribution >= 0.6 is 12.2 Å². The molecule has 0 atom stereocenters. The summed E-state index contributed by atoms with van der Waals surface area (Å²) in [5.41, 5.74) is 3.07. The minimum absolute atomic E-state index is 0.235. The number of thiocarbonyl (C=S) groups is 1. The number of hydrogen-bond acceptors (Lipinski definition) is 2. The van der Waals surface area contributed by atoms with Crippen molar-refractivity contribution in [1.82, 2.24) is 0 Å². The van der Waals surface area contributed by atoms with Gasteiger partial charge in [-0.3, -0.25) is 0 Å². The normalized spacial score (nSPS) is 10.3. The lowest BCUT2D eigenvalue weighted by Gasteiger charge is -2.12. The van der Waals surface area contributed by atoms with Crippen molar-refractivity contribution in [2.24, 2.45) is 0 Å². The summed E-state index contributed by atoms with van der Waals surface area (Å²) in [6.07, 6.45) is 0. The van der Waals surface area contributed by atoms with Crippen LogP contribution in [-0.4, -0.2) is 10.2 Å². The highest BCUT2D eigenvalue weighted by Crippen LogP contribution is 2.19. The van der Waals surface area contributed by atoms with Gasteiger partial charge >= 0.3 is 0 Å². The second-order valence-electron chi connectivity index (χ2n) is 4.91. The van der Waals surface area contributed by atoms with Gasteiger partial charge in [-0.15, -0.1) is 0 Å². The largest absolute Gasteiger partial charge is 0.508 e. The second-order valence-corrected chi connectivity index (χ2v) is 5.31. The number of phenols is 1. The smallest absolute Gasteiger partial charge is 0.175 e. The van der Waals surface area contributed by atoms with Crippen LogP contribution in [0.3, 0.4) is 0 Å². The van der Waals surface area contributed by atoms with Crippen LogP contribution in [0.5, 0.6) is 5.75 Å². The van der Waals surface area contributed by atoms with Crippen LogP contribution in [0.25, 0.3) is 0 Å². The van der Waals surface area contributed by atoms with Gasteiger partial charge < -0.3 is 15.7 Å². The fourth-order valence-electron chi connectivity index (χ4n) is 1.81. The lowest BCUT2D eigenvalue weighted by molar-refractivity contribution is 0.475. The molecule has 0 aliphatic heterocycles. The third kappa shape index (κ3) is 3.96. The maximum absolute atomic E-state index is 9.23. The molecule has 0 saturated carbocycles. The molecule has 0 spiro atoms. The molecule has 0 aliphatic carbocycles. The van der Waals surface area contributed by atoms with Crippen molar-refractivity contribution in [1.29, 1.82) is 0 Å². The van der Waals surface area contributed by atoms with E-state index in [0.717, 1.165) is 11.4 Å². The zero-order valence-electron chi connectivity index (χ0n) is 11.6. The lowest BCUT2D eigenvalue weighted by atomic mass is 10.0. The van der Waals surface area contributed by atoms with Gasteiger partial charge in [-0.2, -0.15) is 0 Å². The fraction of sp³-hybridized carbons (Fsp3) is 0.188. The van der Waals surface area contributed by atoms with E-state index in [9.17, 15) is 5.11 Å². The van der Waals surface area contributed by atoms with Gasteiger partial charge in [-0.25, -0.2) is 0 Å². The van der Waals surface area contributed by atoms with Gasteiger partial charge in [0.1, 0.15) is 5.75 Å². The molecule has 2 rings (SSSR count). The van der Waals surface area contributed by atoms with E-state index in [2.05, 4.69) is 36.6 Å². The molecule has 0 bridgehead atoms. The molecule has 4 heteroatoms. The first kappa shape index (κ1) is 14.3. The molecule has 0 saturated heterocycles. The number of benzene rings is 2. The van der Waals surface area contributed by atoms with Gasteiger partial charge in [0.15, 0.2) is 5.11 Å². The maximum Gasteiger partial charge on any atom is 0.175 e. The van der Waals surface area contributed by atoms with Crippen molar-refractivity contribution < 1.29 is 5.11 Å². The van der Waals surface area contributed by atoms with E-state index in [1.807, 2.05) is 12.1 Å². The summed E-state index contributed by atoms with van der Waals surface area (Å²) in [6.45, 7) is 4.32. The summed E-state index contributed by atoms with van der Waals surface area (Å²) in [4.78, 5) is 0. The Bertz CT molecular complexity index is 594. The van der Waals surface area contributed by atoms with Gasteiger partial charge in [0.2, 0.25) is 0 Å². The monoisotopic (exact) mass is 286 g/mol. The molecule has 0 unspecified atom stereocenters. The van der Waals surface area contributed by atoms with Gasteiger partial charge in [0.05, 0.1) is 0 Å². The first-order valence-electron chi connectivity index (χ1n) is 6.51. The standard InChI is InChI=1S/C16H18N2OS/c1-11(2)12-4-3-5-14(10-12)18-16(20)17-13-6-8-15(19)9-7-13/h3-11,19H,1-2H3,(H2,17,18,20). The number of rotatable bonds is 3. The average molecular weight is 286 g/mol. The molecule has 0 aromatic heterocycles. The van der Waals surface area contributed by atoms with E-state index in [-0.39, 0.29) is 5.75 Å².